The van der Waals surface area contributed by atoms with Crippen LogP contribution in [0.25, 0.3) is 0 Å². The summed E-state index contributed by atoms with van der Waals surface area (Å²) in [5, 5.41) is 9.74. The smallest absolute Gasteiger partial charge is 0.0942 e. The Kier molecular flexibility index (Phi) is 3.23. The van der Waals surface area contributed by atoms with Crippen molar-refractivity contribution in [3.8, 4) is 0 Å². The maximum absolute atomic E-state index is 9.22. The molecule has 0 spiro atoms. The third-order valence-corrected chi connectivity index (χ3v) is 1.58. The lowest BCUT2D eigenvalue weighted by molar-refractivity contribution is 0.128. The van der Waals surface area contributed by atoms with Crippen LogP contribution in [-0.4, -0.2) is 10.7 Å². The highest BCUT2D eigenvalue weighted by Crippen LogP contribution is 2.19. The van der Waals surface area contributed by atoms with Crippen LogP contribution in [0.1, 0.15) is 27.2 Å². The van der Waals surface area contributed by atoms with Crippen molar-refractivity contribution in [2.75, 3.05) is 0 Å². The third-order valence-electron chi connectivity index (χ3n) is 0.968. The van der Waals surface area contributed by atoms with E-state index in [4.69, 9.17) is 11.6 Å². The predicted octanol–water partition coefficient (Wildman–Crippen LogP) is 2.29. The fourth-order valence-electron chi connectivity index (χ4n) is 0.429. The van der Waals surface area contributed by atoms with Crippen molar-refractivity contribution < 1.29 is 5.11 Å². The Bertz CT molecular complexity index is 111. The summed E-state index contributed by atoms with van der Waals surface area (Å²) >= 11 is 5.67. The van der Waals surface area contributed by atoms with Gasteiger partial charge in [0, 0.05) is 5.03 Å². The molecule has 0 heterocycles. The van der Waals surface area contributed by atoms with Crippen molar-refractivity contribution in [1.82, 2.24) is 0 Å². The van der Waals surface area contributed by atoms with E-state index in [1.54, 1.807) is 13.8 Å². The molecule has 0 bridgehead atoms. The van der Waals surface area contributed by atoms with E-state index in [9.17, 15) is 5.11 Å². The summed E-state index contributed by atoms with van der Waals surface area (Å²) < 4.78 is 0. The molecule has 54 valence electrons. The lowest BCUT2D eigenvalue weighted by Crippen LogP contribution is -2.18. The van der Waals surface area contributed by atoms with Gasteiger partial charge in [-0.15, -0.1) is 0 Å². The molecule has 0 aliphatic heterocycles. The van der Waals surface area contributed by atoms with Crippen molar-refractivity contribution in [1.29, 1.82) is 0 Å². The van der Waals surface area contributed by atoms with Crippen molar-refractivity contribution in [3.63, 3.8) is 0 Å². The Labute approximate surface area is 61.3 Å². The van der Waals surface area contributed by atoms with Crippen molar-refractivity contribution in [3.05, 3.63) is 11.1 Å². The molecule has 0 rings (SSSR count). The molecule has 0 aromatic carbocycles. The molecule has 0 aromatic rings. The van der Waals surface area contributed by atoms with Crippen LogP contribution in [0.2, 0.25) is 0 Å². The Morgan fingerprint density at radius 2 is 2.11 bits per heavy atom. The fourth-order valence-corrected chi connectivity index (χ4v) is 0.583. The molecule has 0 unspecified atom stereocenters. The van der Waals surface area contributed by atoms with Crippen LogP contribution < -0.4 is 0 Å². The number of hydrogen-bond acceptors (Lipinski definition) is 1. The van der Waals surface area contributed by atoms with Gasteiger partial charge in [0.2, 0.25) is 0 Å². The van der Waals surface area contributed by atoms with E-state index in [1.807, 2.05) is 13.0 Å². The lowest BCUT2D eigenvalue weighted by atomic mass is 10.1. The summed E-state index contributed by atoms with van der Waals surface area (Å²) in [5.41, 5.74) is -0.864. The normalized spacial score (nSPS) is 14.1. The highest BCUT2D eigenvalue weighted by molar-refractivity contribution is 6.30. The first-order chi connectivity index (χ1) is 3.98. The SMILES string of the molecule is CC/C=C(\Cl)C(C)(C)O. The van der Waals surface area contributed by atoms with E-state index < -0.39 is 5.60 Å². The summed E-state index contributed by atoms with van der Waals surface area (Å²) in [5.74, 6) is 0. The van der Waals surface area contributed by atoms with Crippen molar-refractivity contribution in [2.24, 2.45) is 0 Å². The largest absolute Gasteiger partial charge is 0.385 e. The van der Waals surface area contributed by atoms with Crippen LogP contribution in [0.3, 0.4) is 0 Å². The van der Waals surface area contributed by atoms with E-state index in [-0.39, 0.29) is 0 Å². The molecule has 0 aliphatic carbocycles. The topological polar surface area (TPSA) is 20.2 Å². The molecule has 0 atom stereocenters. The van der Waals surface area contributed by atoms with Crippen LogP contribution in [0, 0.1) is 0 Å². The van der Waals surface area contributed by atoms with Gasteiger partial charge >= 0.3 is 0 Å². The second-order valence-electron chi connectivity index (χ2n) is 2.52. The number of rotatable bonds is 2. The zero-order valence-electron chi connectivity index (χ0n) is 6.11. The molecule has 0 amide bonds. The minimum absolute atomic E-state index is 0.519. The molecular formula is C7H13ClO. The first kappa shape index (κ1) is 8.99. The van der Waals surface area contributed by atoms with Gasteiger partial charge in [0.1, 0.15) is 0 Å². The number of allylic oxidation sites excluding steroid dienone is 1. The minimum Gasteiger partial charge on any atom is -0.385 e. The fraction of sp³-hybridized carbons (Fsp3) is 0.714. The zero-order chi connectivity index (χ0) is 7.49. The lowest BCUT2D eigenvalue weighted by Gasteiger charge is -2.15. The van der Waals surface area contributed by atoms with Gasteiger partial charge in [-0.05, 0) is 20.3 Å². The molecule has 0 fully saturated rings. The van der Waals surface area contributed by atoms with E-state index in [1.165, 1.54) is 0 Å². The molecule has 0 saturated heterocycles. The molecule has 0 aromatic heterocycles. The third kappa shape index (κ3) is 3.55. The predicted molar refractivity (Wildman–Crippen MR) is 40.5 cm³/mol. The number of hydrogen-bond donors (Lipinski definition) is 1. The van der Waals surface area contributed by atoms with Gasteiger partial charge in [0.05, 0.1) is 5.60 Å². The quantitative estimate of drug-likeness (QED) is 0.637. The first-order valence-corrected chi connectivity index (χ1v) is 3.44. The summed E-state index contributed by atoms with van der Waals surface area (Å²) in [4.78, 5) is 0. The Balaban J connectivity index is 4.03. The first-order valence-electron chi connectivity index (χ1n) is 3.07. The molecule has 0 saturated carbocycles. The van der Waals surface area contributed by atoms with Gasteiger partial charge in [-0.25, -0.2) is 0 Å². The molecule has 2 heteroatoms. The van der Waals surface area contributed by atoms with Gasteiger partial charge in [-0.1, -0.05) is 24.6 Å². The summed E-state index contributed by atoms with van der Waals surface area (Å²) in [7, 11) is 0. The molecule has 9 heavy (non-hydrogen) atoms. The summed E-state index contributed by atoms with van der Waals surface area (Å²) in [6.45, 7) is 5.32. The average Bonchev–Trinajstić information content (AvgIpc) is 1.64. The van der Waals surface area contributed by atoms with Crippen molar-refractivity contribution in [2.45, 2.75) is 32.8 Å². The molecule has 0 aliphatic rings. The number of halogens is 1. The monoisotopic (exact) mass is 148 g/mol. The highest BCUT2D eigenvalue weighted by atomic mass is 35.5. The molecule has 1 N–H and O–H groups in total. The van der Waals surface area contributed by atoms with Gasteiger partial charge in [-0.3, -0.25) is 0 Å². The zero-order valence-corrected chi connectivity index (χ0v) is 6.87. The summed E-state index contributed by atoms with van der Waals surface area (Å²) in [6, 6.07) is 0. The number of aliphatic hydroxyl groups is 1. The van der Waals surface area contributed by atoms with E-state index in [0.29, 0.717) is 5.03 Å². The molecule has 0 radical (unpaired) electrons. The van der Waals surface area contributed by atoms with Crippen molar-refractivity contribution >= 4 is 11.6 Å². The maximum atomic E-state index is 9.22. The Morgan fingerprint density at radius 1 is 1.67 bits per heavy atom. The molecule has 1 nitrogen and oxygen atoms in total. The average molecular weight is 149 g/mol. The highest BCUT2D eigenvalue weighted by Gasteiger charge is 2.15. The Morgan fingerprint density at radius 3 is 2.22 bits per heavy atom. The minimum atomic E-state index is -0.864. The maximum Gasteiger partial charge on any atom is 0.0942 e. The van der Waals surface area contributed by atoms with Crippen LogP contribution in [-0.2, 0) is 0 Å². The van der Waals surface area contributed by atoms with Gasteiger partial charge in [0.15, 0.2) is 0 Å². The van der Waals surface area contributed by atoms with E-state index in [0.717, 1.165) is 6.42 Å². The van der Waals surface area contributed by atoms with Crippen LogP contribution in [0.4, 0.5) is 0 Å². The molecular weight excluding hydrogens is 136 g/mol. The van der Waals surface area contributed by atoms with E-state index in [2.05, 4.69) is 0 Å². The second-order valence-corrected chi connectivity index (χ2v) is 2.93. The second kappa shape index (κ2) is 3.23. The van der Waals surface area contributed by atoms with Crippen LogP contribution in [0.15, 0.2) is 11.1 Å². The van der Waals surface area contributed by atoms with Crippen LogP contribution >= 0.6 is 11.6 Å². The standard InChI is InChI=1S/C7H13ClO/c1-4-5-6(8)7(2,3)9/h5,9H,4H2,1-3H3/b6-5-. The van der Waals surface area contributed by atoms with Gasteiger partial charge in [-0.2, -0.15) is 0 Å². The summed E-state index contributed by atoms with van der Waals surface area (Å²) in [6.07, 6.45) is 2.67. The van der Waals surface area contributed by atoms with Crippen LogP contribution in [0.5, 0.6) is 0 Å². The van der Waals surface area contributed by atoms with E-state index >= 15 is 0 Å². The Hall–Kier alpha value is -0.0100. The van der Waals surface area contributed by atoms with Gasteiger partial charge < -0.3 is 5.11 Å². The van der Waals surface area contributed by atoms with Gasteiger partial charge in [0.25, 0.3) is 0 Å².